The Morgan fingerprint density at radius 3 is 2.69 bits per heavy atom. The Morgan fingerprint density at radius 2 is 1.91 bits per heavy atom. The number of tetrazole rings is 1. The lowest BCUT2D eigenvalue weighted by Crippen LogP contribution is -2.50. The van der Waals surface area contributed by atoms with Crippen molar-refractivity contribution < 1.29 is 19.0 Å². The Morgan fingerprint density at radius 1 is 1.06 bits per heavy atom. The van der Waals surface area contributed by atoms with Gasteiger partial charge in [0.05, 0.1) is 11.7 Å². The molecule has 4 atom stereocenters. The highest BCUT2D eigenvalue weighted by atomic mass is 19.1. The molecule has 166 valence electrons. The molecule has 9 heteroatoms. The lowest BCUT2D eigenvalue weighted by atomic mass is 9.72. The Kier molecular flexibility index (Phi) is 5.57. The third-order valence-electron chi connectivity index (χ3n) is 6.61. The maximum Gasteiger partial charge on any atom is 0.320 e. The van der Waals surface area contributed by atoms with E-state index in [0.717, 1.165) is 25.8 Å². The molecular formula is C23H24FN5O3. The Labute approximate surface area is 184 Å². The van der Waals surface area contributed by atoms with Gasteiger partial charge in [0.2, 0.25) is 5.82 Å². The predicted molar refractivity (Wildman–Crippen MR) is 114 cm³/mol. The number of halogens is 1. The van der Waals surface area contributed by atoms with Crippen molar-refractivity contribution in [1.82, 2.24) is 25.9 Å². The molecule has 1 aromatic heterocycles. The molecule has 1 aliphatic carbocycles. The fraction of sp³-hybridized carbons (Fsp3) is 0.391. The van der Waals surface area contributed by atoms with Gasteiger partial charge >= 0.3 is 5.97 Å². The molecule has 0 radical (unpaired) electrons. The molecule has 5 rings (SSSR count). The van der Waals surface area contributed by atoms with Gasteiger partial charge in [-0.25, -0.2) is 4.39 Å². The van der Waals surface area contributed by atoms with Crippen molar-refractivity contribution in [3.05, 3.63) is 48.3 Å². The van der Waals surface area contributed by atoms with Gasteiger partial charge in [-0.05, 0) is 67.0 Å². The highest BCUT2D eigenvalue weighted by molar-refractivity contribution is 5.84. The minimum Gasteiger partial charge on any atom is -0.490 e. The van der Waals surface area contributed by atoms with Crippen LogP contribution in [0.4, 0.5) is 4.39 Å². The summed E-state index contributed by atoms with van der Waals surface area (Å²) >= 11 is 0. The molecule has 8 nitrogen and oxygen atoms in total. The van der Waals surface area contributed by atoms with Crippen LogP contribution in [-0.2, 0) is 4.79 Å². The number of carboxylic acid groups (broad SMARTS) is 1. The molecular weight excluding hydrogens is 413 g/mol. The highest BCUT2D eigenvalue weighted by Gasteiger charge is 2.38. The fourth-order valence-corrected chi connectivity index (χ4v) is 5.03. The van der Waals surface area contributed by atoms with Crippen LogP contribution in [-0.4, -0.2) is 50.4 Å². The van der Waals surface area contributed by atoms with E-state index in [1.54, 1.807) is 18.2 Å². The number of aromatic amines is 1. The minimum atomic E-state index is -0.802. The van der Waals surface area contributed by atoms with Gasteiger partial charge in [-0.15, -0.1) is 10.2 Å². The average Bonchev–Trinajstić information content (AvgIpc) is 3.33. The van der Waals surface area contributed by atoms with E-state index in [2.05, 4.69) is 25.9 Å². The molecule has 32 heavy (non-hydrogen) atoms. The lowest BCUT2D eigenvalue weighted by Gasteiger charge is -2.41. The first-order chi connectivity index (χ1) is 15.6. The van der Waals surface area contributed by atoms with Crippen LogP contribution in [0.15, 0.2) is 42.5 Å². The summed E-state index contributed by atoms with van der Waals surface area (Å²) in [6.07, 6.45) is 3.17. The van der Waals surface area contributed by atoms with E-state index in [1.807, 2.05) is 18.2 Å². The summed E-state index contributed by atoms with van der Waals surface area (Å²) in [5.41, 5.74) is 1.65. The number of rotatable bonds is 5. The molecule has 2 heterocycles. The number of ether oxygens (including phenoxy) is 1. The summed E-state index contributed by atoms with van der Waals surface area (Å²) in [7, 11) is 0. The van der Waals surface area contributed by atoms with Gasteiger partial charge in [0, 0.05) is 5.56 Å². The third-order valence-corrected chi connectivity index (χ3v) is 6.61. The molecule has 0 spiro atoms. The number of nitrogens with one attached hydrogen (secondary N) is 2. The second-order valence-corrected chi connectivity index (χ2v) is 8.50. The number of H-pyrrole nitrogens is 1. The largest absolute Gasteiger partial charge is 0.490 e. The summed E-state index contributed by atoms with van der Waals surface area (Å²) in [4.78, 5) is 11.4. The topological polar surface area (TPSA) is 113 Å². The first kappa shape index (κ1) is 20.6. The molecule has 2 aromatic carbocycles. The SMILES string of the molecule is O=C(O)[C@@H]1C[C@@H]2C[C@@H](Oc3cccc(-c4ccccc4F)c3-c3nn[nH]n3)CC[C@H]2CN1. The molecule has 0 amide bonds. The predicted octanol–water partition coefficient (Wildman–Crippen LogP) is 3.28. The van der Waals surface area contributed by atoms with Crippen LogP contribution >= 0.6 is 0 Å². The molecule has 2 aliphatic rings. The second-order valence-electron chi connectivity index (χ2n) is 8.50. The highest BCUT2D eigenvalue weighted by Crippen LogP contribution is 2.42. The second kappa shape index (κ2) is 8.66. The van der Waals surface area contributed by atoms with Crippen LogP contribution in [0.25, 0.3) is 22.5 Å². The number of aromatic nitrogens is 4. The Balaban J connectivity index is 1.45. The standard InChI is InChI=1S/C23H24FN5O3/c24-18-6-2-1-4-16(18)17-5-3-7-20(21(17)22-26-28-29-27-22)32-15-9-8-13-12-25-19(23(30)31)11-14(13)10-15/h1-7,13-15,19,25H,8-12H2,(H,30,31)(H,26,27,28,29)/t13-,14-,15-,19-/m0/s1. The van der Waals surface area contributed by atoms with Crippen molar-refractivity contribution in [2.45, 2.75) is 37.8 Å². The van der Waals surface area contributed by atoms with Crippen LogP contribution in [0.3, 0.4) is 0 Å². The Hall–Kier alpha value is -3.33. The van der Waals surface area contributed by atoms with E-state index in [-0.39, 0.29) is 11.9 Å². The maximum absolute atomic E-state index is 14.6. The number of fused-ring (bicyclic) bond motifs is 1. The molecule has 3 aromatic rings. The minimum absolute atomic E-state index is 0.0645. The van der Waals surface area contributed by atoms with E-state index in [9.17, 15) is 14.3 Å². The van der Waals surface area contributed by atoms with E-state index >= 15 is 0 Å². The summed E-state index contributed by atoms with van der Waals surface area (Å²) in [5.74, 6) is 0.513. The molecule has 0 bridgehead atoms. The van der Waals surface area contributed by atoms with Crippen molar-refractivity contribution in [2.24, 2.45) is 11.8 Å². The van der Waals surface area contributed by atoms with Crippen LogP contribution in [0.2, 0.25) is 0 Å². The molecule has 0 unspecified atom stereocenters. The smallest absolute Gasteiger partial charge is 0.320 e. The molecule has 2 fully saturated rings. The van der Waals surface area contributed by atoms with Crippen LogP contribution < -0.4 is 10.1 Å². The normalized spacial score (nSPS) is 25.2. The number of hydrogen-bond donors (Lipinski definition) is 3. The van der Waals surface area contributed by atoms with Crippen molar-refractivity contribution in [3.63, 3.8) is 0 Å². The average molecular weight is 437 g/mol. The molecule has 1 aliphatic heterocycles. The zero-order valence-electron chi connectivity index (χ0n) is 17.4. The van der Waals surface area contributed by atoms with E-state index in [1.165, 1.54) is 6.07 Å². The number of carboxylic acids is 1. The first-order valence-electron chi connectivity index (χ1n) is 10.8. The van der Waals surface area contributed by atoms with E-state index in [4.69, 9.17) is 4.74 Å². The van der Waals surface area contributed by atoms with Gasteiger partial charge in [0.25, 0.3) is 0 Å². The number of benzene rings is 2. The number of aliphatic carboxylic acids is 1. The van der Waals surface area contributed by atoms with Gasteiger partial charge in [-0.3, -0.25) is 4.79 Å². The third kappa shape index (κ3) is 3.95. The van der Waals surface area contributed by atoms with Crippen molar-refractivity contribution >= 4 is 5.97 Å². The number of hydrogen-bond acceptors (Lipinski definition) is 6. The zero-order valence-corrected chi connectivity index (χ0v) is 17.4. The summed E-state index contributed by atoms with van der Waals surface area (Å²) < 4.78 is 21.1. The quantitative estimate of drug-likeness (QED) is 0.561. The maximum atomic E-state index is 14.6. The zero-order chi connectivity index (χ0) is 22.1. The number of piperidine rings is 1. The van der Waals surface area contributed by atoms with Crippen molar-refractivity contribution in [3.8, 4) is 28.3 Å². The summed E-state index contributed by atoms with van der Waals surface area (Å²) in [6.45, 7) is 0.727. The Bertz CT molecular complexity index is 1110. The summed E-state index contributed by atoms with van der Waals surface area (Å²) in [6, 6.07) is 11.5. The lowest BCUT2D eigenvalue weighted by molar-refractivity contribution is -0.141. The molecule has 1 saturated heterocycles. The molecule has 1 saturated carbocycles. The monoisotopic (exact) mass is 437 g/mol. The molecule has 3 N–H and O–H groups in total. The van der Waals surface area contributed by atoms with Gasteiger partial charge in [0.15, 0.2) is 0 Å². The van der Waals surface area contributed by atoms with Crippen LogP contribution in [0.1, 0.15) is 25.7 Å². The van der Waals surface area contributed by atoms with Crippen molar-refractivity contribution in [2.75, 3.05) is 6.54 Å². The summed E-state index contributed by atoms with van der Waals surface area (Å²) in [5, 5.41) is 26.9. The van der Waals surface area contributed by atoms with E-state index < -0.39 is 12.0 Å². The van der Waals surface area contributed by atoms with E-state index in [0.29, 0.717) is 46.5 Å². The van der Waals surface area contributed by atoms with Gasteiger partial charge in [0.1, 0.15) is 17.6 Å². The van der Waals surface area contributed by atoms with Gasteiger partial charge in [-0.2, -0.15) is 5.21 Å². The number of nitrogens with zero attached hydrogens (tertiary/aromatic N) is 3. The van der Waals surface area contributed by atoms with Crippen LogP contribution in [0, 0.1) is 17.7 Å². The first-order valence-corrected chi connectivity index (χ1v) is 10.8. The van der Waals surface area contributed by atoms with Crippen molar-refractivity contribution in [1.29, 1.82) is 0 Å². The van der Waals surface area contributed by atoms with Gasteiger partial charge in [-0.1, -0.05) is 30.3 Å². The van der Waals surface area contributed by atoms with Gasteiger partial charge < -0.3 is 15.2 Å². The number of carbonyl (C=O) groups is 1. The fourth-order valence-electron chi connectivity index (χ4n) is 5.03. The van der Waals surface area contributed by atoms with Crippen LogP contribution in [0.5, 0.6) is 5.75 Å².